The number of nitrogens with zero attached hydrogens (tertiary/aromatic N) is 1. The topological polar surface area (TPSA) is 49.5 Å². The van der Waals surface area contributed by atoms with E-state index >= 15 is 0 Å². The van der Waals surface area contributed by atoms with Crippen LogP contribution in [-0.2, 0) is 0 Å². The summed E-state index contributed by atoms with van der Waals surface area (Å²) in [5, 5.41) is 8.72. The van der Waals surface area contributed by atoms with Gasteiger partial charge in [0.15, 0.2) is 0 Å². The van der Waals surface area contributed by atoms with Crippen molar-refractivity contribution in [3.8, 4) is 0 Å². The van der Waals surface area contributed by atoms with Crippen LogP contribution >= 0.6 is 0 Å². The van der Waals surface area contributed by atoms with Gasteiger partial charge in [-0.15, -0.1) is 0 Å². The molecule has 0 saturated carbocycles. The first-order valence-corrected chi connectivity index (χ1v) is 6.45. The summed E-state index contributed by atoms with van der Waals surface area (Å²) >= 11 is 0. The molecule has 1 atom stereocenters. The maximum atomic E-state index is 12.9. The van der Waals surface area contributed by atoms with Gasteiger partial charge in [-0.25, -0.2) is 4.39 Å². The minimum atomic E-state index is -0.222. The second-order valence-electron chi connectivity index (χ2n) is 4.57. The number of unbranched alkanes of at least 4 members (excludes halogenated alkanes) is 2. The Kier molecular flexibility index (Phi) is 6.86. The first-order chi connectivity index (χ1) is 8.69. The van der Waals surface area contributed by atoms with Crippen molar-refractivity contribution in [3.63, 3.8) is 0 Å². The highest BCUT2D eigenvalue weighted by atomic mass is 19.1. The smallest absolute Gasteiger partial charge is 0.123 e. The largest absolute Gasteiger partial charge is 0.396 e. The molecule has 0 spiro atoms. The van der Waals surface area contributed by atoms with Gasteiger partial charge in [-0.2, -0.15) is 0 Å². The minimum Gasteiger partial charge on any atom is -0.396 e. The summed E-state index contributed by atoms with van der Waals surface area (Å²) in [6.45, 7) is 1.70. The second kappa shape index (κ2) is 8.19. The fourth-order valence-electron chi connectivity index (χ4n) is 2.06. The van der Waals surface area contributed by atoms with Crippen molar-refractivity contribution in [1.82, 2.24) is 4.90 Å². The Morgan fingerprint density at radius 1 is 1.22 bits per heavy atom. The van der Waals surface area contributed by atoms with Gasteiger partial charge in [0.2, 0.25) is 0 Å². The van der Waals surface area contributed by atoms with Crippen molar-refractivity contribution < 1.29 is 9.50 Å². The Morgan fingerprint density at radius 3 is 2.44 bits per heavy atom. The molecule has 4 heteroatoms. The normalized spacial score (nSPS) is 12.9. The van der Waals surface area contributed by atoms with Crippen LogP contribution < -0.4 is 5.73 Å². The molecule has 0 aliphatic carbocycles. The van der Waals surface area contributed by atoms with Crippen molar-refractivity contribution in [3.05, 3.63) is 35.6 Å². The quantitative estimate of drug-likeness (QED) is 0.697. The predicted molar refractivity (Wildman–Crippen MR) is 71.8 cm³/mol. The maximum absolute atomic E-state index is 12.9. The van der Waals surface area contributed by atoms with Gasteiger partial charge < -0.3 is 10.8 Å². The lowest BCUT2D eigenvalue weighted by atomic mass is 10.1. The van der Waals surface area contributed by atoms with Crippen LogP contribution in [0, 0.1) is 5.82 Å². The Hall–Kier alpha value is -0.970. The lowest BCUT2D eigenvalue weighted by molar-refractivity contribution is 0.236. The van der Waals surface area contributed by atoms with Crippen LogP contribution in [0.5, 0.6) is 0 Å². The number of benzene rings is 1. The van der Waals surface area contributed by atoms with Crippen molar-refractivity contribution in [2.75, 3.05) is 26.7 Å². The average molecular weight is 254 g/mol. The summed E-state index contributed by atoms with van der Waals surface area (Å²) in [5.74, 6) is -0.222. The fraction of sp³-hybridized carbons (Fsp3) is 0.571. The second-order valence-corrected chi connectivity index (χ2v) is 4.57. The standard InChI is InChI=1S/C14H23FN2O/c1-17(9-3-2-4-10-18)14(11-16)12-5-7-13(15)8-6-12/h5-8,14,18H,2-4,9-11,16H2,1H3. The number of aliphatic hydroxyl groups is 1. The number of rotatable bonds is 8. The monoisotopic (exact) mass is 254 g/mol. The Labute approximate surface area is 108 Å². The molecular weight excluding hydrogens is 231 g/mol. The van der Waals surface area contributed by atoms with Gasteiger partial charge >= 0.3 is 0 Å². The molecule has 0 aliphatic rings. The van der Waals surface area contributed by atoms with Crippen LogP contribution in [0.3, 0.4) is 0 Å². The van der Waals surface area contributed by atoms with Crippen LogP contribution in [0.4, 0.5) is 4.39 Å². The van der Waals surface area contributed by atoms with E-state index < -0.39 is 0 Å². The van der Waals surface area contributed by atoms with Gasteiger partial charge in [0, 0.05) is 19.2 Å². The predicted octanol–water partition coefficient (Wildman–Crippen LogP) is 1.92. The fourth-order valence-corrected chi connectivity index (χ4v) is 2.06. The summed E-state index contributed by atoms with van der Waals surface area (Å²) < 4.78 is 12.9. The summed E-state index contributed by atoms with van der Waals surface area (Å²) in [4.78, 5) is 2.19. The first-order valence-electron chi connectivity index (χ1n) is 6.45. The van der Waals surface area contributed by atoms with Gasteiger partial charge in [-0.1, -0.05) is 12.1 Å². The first kappa shape index (κ1) is 15.1. The number of hydrogen-bond acceptors (Lipinski definition) is 3. The zero-order chi connectivity index (χ0) is 13.4. The highest BCUT2D eigenvalue weighted by Gasteiger charge is 2.14. The van der Waals surface area contributed by atoms with Crippen LogP contribution in [0.2, 0.25) is 0 Å². The van der Waals surface area contributed by atoms with Gasteiger partial charge in [0.25, 0.3) is 0 Å². The van der Waals surface area contributed by atoms with Crippen molar-refractivity contribution >= 4 is 0 Å². The van der Waals surface area contributed by atoms with E-state index in [9.17, 15) is 4.39 Å². The van der Waals surface area contributed by atoms with Crippen LogP contribution in [0.25, 0.3) is 0 Å². The molecular formula is C14H23FN2O. The molecule has 102 valence electrons. The van der Waals surface area contributed by atoms with Crippen LogP contribution in [-0.4, -0.2) is 36.8 Å². The van der Waals surface area contributed by atoms with E-state index in [1.165, 1.54) is 12.1 Å². The zero-order valence-electron chi connectivity index (χ0n) is 11.0. The lowest BCUT2D eigenvalue weighted by Gasteiger charge is -2.27. The molecule has 3 nitrogen and oxygen atoms in total. The molecule has 0 bridgehead atoms. The number of hydrogen-bond donors (Lipinski definition) is 2. The van der Waals surface area contributed by atoms with Crippen LogP contribution in [0.1, 0.15) is 30.9 Å². The van der Waals surface area contributed by atoms with Gasteiger partial charge in [0.1, 0.15) is 5.82 Å². The molecule has 3 N–H and O–H groups in total. The average Bonchev–Trinajstić information content (AvgIpc) is 2.38. The molecule has 0 heterocycles. The van der Waals surface area contributed by atoms with E-state index in [0.717, 1.165) is 31.4 Å². The molecule has 0 radical (unpaired) electrons. The molecule has 1 rings (SSSR count). The maximum Gasteiger partial charge on any atom is 0.123 e. The van der Waals surface area contributed by atoms with Gasteiger partial charge in [0.05, 0.1) is 0 Å². The third kappa shape index (κ3) is 4.72. The summed E-state index contributed by atoms with van der Waals surface area (Å²) in [6, 6.07) is 6.64. The molecule has 18 heavy (non-hydrogen) atoms. The SMILES string of the molecule is CN(CCCCCO)C(CN)c1ccc(F)cc1. The van der Waals surface area contributed by atoms with Crippen LogP contribution in [0.15, 0.2) is 24.3 Å². The number of nitrogens with two attached hydrogens (primary N) is 1. The molecule has 0 amide bonds. The highest BCUT2D eigenvalue weighted by molar-refractivity contribution is 5.20. The third-order valence-electron chi connectivity index (χ3n) is 3.18. The van der Waals surface area contributed by atoms with Gasteiger partial charge in [-0.05, 0) is 50.6 Å². The summed E-state index contributed by atoms with van der Waals surface area (Å²) in [7, 11) is 2.03. The Bertz CT molecular complexity index is 329. The van der Waals surface area contributed by atoms with E-state index in [1.54, 1.807) is 12.1 Å². The number of likely N-dealkylation sites (N-methyl/N-ethyl adjacent to an activating group) is 1. The van der Waals surface area contributed by atoms with Crippen molar-refractivity contribution in [2.45, 2.75) is 25.3 Å². The summed E-state index contributed by atoms with van der Waals surface area (Å²) in [5.41, 5.74) is 6.84. The minimum absolute atomic E-state index is 0.125. The van der Waals surface area contributed by atoms with E-state index in [4.69, 9.17) is 10.8 Å². The molecule has 0 saturated heterocycles. The zero-order valence-corrected chi connectivity index (χ0v) is 11.0. The molecule has 0 aromatic heterocycles. The van der Waals surface area contributed by atoms with E-state index in [2.05, 4.69) is 4.90 Å². The molecule has 1 aromatic rings. The van der Waals surface area contributed by atoms with Crippen molar-refractivity contribution in [2.24, 2.45) is 5.73 Å². The molecule has 1 aromatic carbocycles. The van der Waals surface area contributed by atoms with Gasteiger partial charge in [-0.3, -0.25) is 4.90 Å². The van der Waals surface area contributed by atoms with Crippen molar-refractivity contribution in [1.29, 1.82) is 0 Å². The van der Waals surface area contributed by atoms with E-state index in [-0.39, 0.29) is 18.5 Å². The lowest BCUT2D eigenvalue weighted by Crippen LogP contribution is -2.31. The highest BCUT2D eigenvalue weighted by Crippen LogP contribution is 2.19. The van der Waals surface area contributed by atoms with E-state index in [0.29, 0.717) is 6.54 Å². The third-order valence-corrected chi connectivity index (χ3v) is 3.18. The molecule has 0 fully saturated rings. The molecule has 1 unspecified atom stereocenters. The number of aliphatic hydroxyl groups excluding tert-OH is 1. The van der Waals surface area contributed by atoms with E-state index in [1.807, 2.05) is 7.05 Å². The number of halogens is 1. The Morgan fingerprint density at radius 2 is 1.89 bits per heavy atom. The molecule has 0 aliphatic heterocycles. The summed E-state index contributed by atoms with van der Waals surface area (Å²) in [6.07, 6.45) is 2.90. The Balaban J connectivity index is 2.51.